The molecular formula is C24H19NO5. The van der Waals surface area contributed by atoms with Crippen molar-refractivity contribution in [3.63, 3.8) is 0 Å². The molecule has 0 aliphatic carbocycles. The number of pyridine rings is 1. The monoisotopic (exact) mass is 401 g/mol. The summed E-state index contributed by atoms with van der Waals surface area (Å²) in [5.41, 5.74) is 2.38. The van der Waals surface area contributed by atoms with Crippen LogP contribution in [0.4, 0.5) is 0 Å². The molecule has 0 unspecified atom stereocenters. The van der Waals surface area contributed by atoms with E-state index in [0.717, 1.165) is 10.9 Å². The Morgan fingerprint density at radius 1 is 0.767 bits per heavy atom. The van der Waals surface area contributed by atoms with E-state index >= 15 is 0 Å². The molecule has 0 fully saturated rings. The standard InChI is InChI=1S/C24H19NO5/c1-14-13-18-19(23(27)29-2)20(24(28)30-3)21(22(26)15-9-5-4-6-10-15)25(18)17-12-8-7-11-16(14)17/h4-13H,1-3H3. The molecule has 150 valence electrons. The van der Waals surface area contributed by atoms with E-state index in [4.69, 9.17) is 9.47 Å². The molecule has 0 bridgehead atoms. The van der Waals surface area contributed by atoms with E-state index in [2.05, 4.69) is 0 Å². The van der Waals surface area contributed by atoms with Gasteiger partial charge >= 0.3 is 11.9 Å². The predicted octanol–water partition coefficient (Wildman–Crippen LogP) is 4.21. The van der Waals surface area contributed by atoms with Crippen LogP contribution in [0.15, 0.2) is 60.7 Å². The molecule has 0 atom stereocenters. The highest BCUT2D eigenvalue weighted by atomic mass is 16.5. The van der Waals surface area contributed by atoms with Gasteiger partial charge in [-0.25, -0.2) is 9.59 Å². The summed E-state index contributed by atoms with van der Waals surface area (Å²) >= 11 is 0. The summed E-state index contributed by atoms with van der Waals surface area (Å²) in [6.45, 7) is 1.91. The molecule has 30 heavy (non-hydrogen) atoms. The van der Waals surface area contributed by atoms with E-state index in [1.807, 2.05) is 31.2 Å². The number of hydrogen-bond acceptors (Lipinski definition) is 5. The molecular weight excluding hydrogens is 382 g/mol. The second-order valence-electron chi connectivity index (χ2n) is 6.84. The summed E-state index contributed by atoms with van der Waals surface area (Å²) < 4.78 is 11.6. The maximum absolute atomic E-state index is 13.6. The molecule has 0 saturated heterocycles. The van der Waals surface area contributed by atoms with Gasteiger partial charge in [0.2, 0.25) is 5.78 Å². The average molecular weight is 401 g/mol. The van der Waals surface area contributed by atoms with Gasteiger partial charge in [0.05, 0.1) is 25.3 Å². The number of benzene rings is 2. The highest BCUT2D eigenvalue weighted by Gasteiger charge is 2.34. The van der Waals surface area contributed by atoms with Crippen LogP contribution >= 0.6 is 0 Å². The molecule has 2 aromatic heterocycles. The number of hydrogen-bond donors (Lipinski definition) is 0. The molecule has 0 amide bonds. The molecule has 4 aromatic rings. The van der Waals surface area contributed by atoms with Gasteiger partial charge in [-0.15, -0.1) is 0 Å². The normalized spacial score (nSPS) is 10.9. The number of methoxy groups -OCH3 is 2. The number of carbonyl (C=O) groups is 3. The van der Waals surface area contributed by atoms with Crippen molar-refractivity contribution in [1.29, 1.82) is 0 Å². The van der Waals surface area contributed by atoms with Gasteiger partial charge in [-0.2, -0.15) is 0 Å². The molecule has 6 nitrogen and oxygen atoms in total. The lowest BCUT2D eigenvalue weighted by atomic mass is 10.0. The van der Waals surface area contributed by atoms with Crippen LogP contribution < -0.4 is 0 Å². The SMILES string of the molecule is COC(=O)c1c(C(=O)OC)c2cc(C)c3ccccc3n2c1C(=O)c1ccccc1. The van der Waals surface area contributed by atoms with Crippen LogP contribution in [0.5, 0.6) is 0 Å². The highest BCUT2D eigenvalue weighted by molar-refractivity contribution is 6.20. The Balaban J connectivity index is 2.25. The fourth-order valence-electron chi connectivity index (χ4n) is 3.81. The molecule has 0 N–H and O–H groups in total. The molecule has 0 saturated carbocycles. The van der Waals surface area contributed by atoms with Crippen LogP contribution in [0, 0.1) is 6.92 Å². The summed E-state index contributed by atoms with van der Waals surface area (Å²) in [6, 6.07) is 17.9. The van der Waals surface area contributed by atoms with Gasteiger partial charge in [0.25, 0.3) is 0 Å². The van der Waals surface area contributed by atoms with Crippen molar-refractivity contribution < 1.29 is 23.9 Å². The third kappa shape index (κ3) is 2.85. The number of ether oxygens (including phenoxy) is 2. The van der Waals surface area contributed by atoms with Gasteiger partial charge in [0.1, 0.15) is 16.8 Å². The molecule has 2 heterocycles. The van der Waals surface area contributed by atoms with Gasteiger partial charge in [-0.05, 0) is 24.6 Å². The Bertz CT molecular complexity index is 1320. The number of aryl methyl sites for hydroxylation is 1. The molecule has 0 aliphatic heterocycles. The van der Waals surface area contributed by atoms with Crippen LogP contribution in [-0.4, -0.2) is 36.3 Å². The smallest absolute Gasteiger partial charge is 0.341 e. The Morgan fingerprint density at radius 3 is 2.03 bits per heavy atom. The van der Waals surface area contributed by atoms with Crippen molar-refractivity contribution >= 4 is 34.1 Å². The van der Waals surface area contributed by atoms with Crippen molar-refractivity contribution in [1.82, 2.24) is 4.40 Å². The third-order valence-electron chi connectivity index (χ3n) is 5.16. The zero-order chi connectivity index (χ0) is 21.4. The fraction of sp³-hybridized carbons (Fsp3) is 0.125. The predicted molar refractivity (Wildman–Crippen MR) is 112 cm³/mol. The van der Waals surface area contributed by atoms with Crippen molar-refractivity contribution in [3.05, 3.63) is 88.6 Å². The van der Waals surface area contributed by atoms with E-state index < -0.39 is 17.7 Å². The quantitative estimate of drug-likeness (QED) is 0.378. The lowest BCUT2D eigenvalue weighted by Crippen LogP contribution is -2.15. The van der Waals surface area contributed by atoms with Crippen LogP contribution in [0.3, 0.4) is 0 Å². The number of carbonyl (C=O) groups excluding carboxylic acids is 3. The van der Waals surface area contributed by atoms with Gasteiger partial charge in [-0.3, -0.25) is 4.79 Å². The summed E-state index contributed by atoms with van der Waals surface area (Å²) in [5.74, 6) is -1.88. The first kappa shape index (κ1) is 19.4. The Morgan fingerprint density at radius 2 is 1.37 bits per heavy atom. The number of nitrogens with zero attached hydrogens (tertiary/aromatic N) is 1. The van der Waals surface area contributed by atoms with E-state index in [-0.39, 0.29) is 16.8 Å². The second-order valence-corrected chi connectivity index (χ2v) is 6.84. The molecule has 6 heteroatoms. The molecule has 2 aromatic carbocycles. The lowest BCUT2D eigenvalue weighted by molar-refractivity contribution is 0.0556. The highest BCUT2D eigenvalue weighted by Crippen LogP contribution is 2.33. The number of aromatic nitrogens is 1. The van der Waals surface area contributed by atoms with Gasteiger partial charge in [-0.1, -0.05) is 48.5 Å². The van der Waals surface area contributed by atoms with E-state index in [1.54, 1.807) is 40.8 Å². The minimum atomic E-state index is -0.778. The van der Waals surface area contributed by atoms with Crippen LogP contribution in [0.1, 0.15) is 42.3 Å². The average Bonchev–Trinajstić information content (AvgIpc) is 3.13. The first-order chi connectivity index (χ1) is 14.5. The number of fused-ring (bicyclic) bond motifs is 3. The number of rotatable bonds is 4. The van der Waals surface area contributed by atoms with E-state index in [9.17, 15) is 14.4 Å². The summed E-state index contributed by atoms with van der Waals surface area (Å²) in [6.07, 6.45) is 0. The first-order valence-electron chi connectivity index (χ1n) is 9.32. The third-order valence-corrected chi connectivity index (χ3v) is 5.16. The van der Waals surface area contributed by atoms with E-state index in [1.165, 1.54) is 14.2 Å². The maximum Gasteiger partial charge on any atom is 0.341 e. The van der Waals surface area contributed by atoms with Crippen molar-refractivity contribution in [3.8, 4) is 0 Å². The van der Waals surface area contributed by atoms with Gasteiger partial charge < -0.3 is 13.9 Å². The fourth-order valence-corrected chi connectivity index (χ4v) is 3.81. The topological polar surface area (TPSA) is 74.1 Å². The Kier molecular flexibility index (Phi) is 4.83. The summed E-state index contributed by atoms with van der Waals surface area (Å²) in [7, 11) is 2.45. The Hall–Kier alpha value is -3.93. The summed E-state index contributed by atoms with van der Waals surface area (Å²) in [4.78, 5) is 39.1. The lowest BCUT2D eigenvalue weighted by Gasteiger charge is -2.10. The van der Waals surface area contributed by atoms with E-state index in [0.29, 0.717) is 16.6 Å². The summed E-state index contributed by atoms with van der Waals surface area (Å²) in [5, 5.41) is 0.898. The molecule has 0 aliphatic rings. The minimum Gasteiger partial charge on any atom is -0.465 e. The number of ketones is 1. The first-order valence-corrected chi connectivity index (χ1v) is 9.32. The largest absolute Gasteiger partial charge is 0.465 e. The number of para-hydroxylation sites is 1. The minimum absolute atomic E-state index is 0.0116. The molecule has 4 rings (SSSR count). The van der Waals surface area contributed by atoms with Crippen LogP contribution in [0.2, 0.25) is 0 Å². The van der Waals surface area contributed by atoms with Crippen LogP contribution in [0.25, 0.3) is 16.4 Å². The van der Waals surface area contributed by atoms with Gasteiger partial charge in [0, 0.05) is 10.9 Å². The second kappa shape index (κ2) is 7.48. The molecule has 0 radical (unpaired) electrons. The number of esters is 2. The maximum atomic E-state index is 13.6. The Labute approximate surface area is 172 Å². The van der Waals surface area contributed by atoms with Crippen molar-refractivity contribution in [2.45, 2.75) is 6.92 Å². The van der Waals surface area contributed by atoms with Gasteiger partial charge in [0.15, 0.2) is 0 Å². The molecule has 0 spiro atoms. The zero-order valence-electron chi connectivity index (χ0n) is 16.8. The van der Waals surface area contributed by atoms with Crippen LogP contribution in [-0.2, 0) is 9.47 Å². The zero-order valence-corrected chi connectivity index (χ0v) is 16.8. The van der Waals surface area contributed by atoms with Crippen molar-refractivity contribution in [2.75, 3.05) is 14.2 Å². The van der Waals surface area contributed by atoms with Crippen molar-refractivity contribution in [2.24, 2.45) is 0 Å².